The third-order valence-electron chi connectivity index (χ3n) is 3.88. The van der Waals surface area contributed by atoms with Crippen LogP contribution in [-0.4, -0.2) is 26.0 Å². The number of hydrogen-bond acceptors (Lipinski definition) is 3. The highest BCUT2D eigenvalue weighted by atomic mass is 19.1. The molecule has 1 aromatic rings. The first-order valence-corrected chi connectivity index (χ1v) is 6.72. The van der Waals surface area contributed by atoms with Gasteiger partial charge < -0.3 is 10.1 Å². The molecule has 2 rings (SSSR count). The first kappa shape index (κ1) is 14.0. The summed E-state index contributed by atoms with van der Waals surface area (Å²) in [4.78, 5) is 12.7. The maximum atomic E-state index is 14.2. The SMILES string of the molecule is CCCC1(C(=O)c2cccc(OC)c2F)CCNC1. The van der Waals surface area contributed by atoms with Crippen molar-refractivity contribution in [1.82, 2.24) is 5.32 Å². The smallest absolute Gasteiger partial charge is 0.175 e. The van der Waals surface area contributed by atoms with Gasteiger partial charge in [0.15, 0.2) is 17.3 Å². The maximum absolute atomic E-state index is 14.2. The summed E-state index contributed by atoms with van der Waals surface area (Å²) in [5.74, 6) is -0.517. The van der Waals surface area contributed by atoms with Gasteiger partial charge >= 0.3 is 0 Å². The molecule has 1 aliphatic heterocycles. The number of Topliss-reactive ketones (excluding diaryl/α,β-unsaturated/α-hetero) is 1. The van der Waals surface area contributed by atoms with E-state index in [0.29, 0.717) is 6.54 Å². The van der Waals surface area contributed by atoms with Crippen molar-refractivity contribution in [2.75, 3.05) is 20.2 Å². The van der Waals surface area contributed by atoms with E-state index < -0.39 is 11.2 Å². The third kappa shape index (κ3) is 2.50. The molecule has 1 saturated heterocycles. The summed E-state index contributed by atoms with van der Waals surface area (Å²) < 4.78 is 19.2. The van der Waals surface area contributed by atoms with E-state index in [4.69, 9.17) is 4.74 Å². The Hall–Kier alpha value is -1.42. The van der Waals surface area contributed by atoms with Crippen molar-refractivity contribution >= 4 is 5.78 Å². The van der Waals surface area contributed by atoms with Crippen LogP contribution in [0, 0.1) is 11.2 Å². The lowest BCUT2D eigenvalue weighted by molar-refractivity contribution is 0.0796. The Bertz CT molecular complexity index is 467. The highest BCUT2D eigenvalue weighted by Gasteiger charge is 2.41. The van der Waals surface area contributed by atoms with Crippen molar-refractivity contribution in [3.8, 4) is 5.75 Å². The van der Waals surface area contributed by atoms with E-state index in [0.717, 1.165) is 25.8 Å². The number of methoxy groups -OCH3 is 1. The van der Waals surface area contributed by atoms with E-state index >= 15 is 0 Å². The van der Waals surface area contributed by atoms with Crippen LogP contribution in [0.1, 0.15) is 36.5 Å². The van der Waals surface area contributed by atoms with E-state index in [9.17, 15) is 9.18 Å². The molecule has 0 bridgehead atoms. The highest BCUT2D eigenvalue weighted by Crippen LogP contribution is 2.36. The molecule has 0 saturated carbocycles. The van der Waals surface area contributed by atoms with E-state index in [1.54, 1.807) is 12.1 Å². The predicted octanol–water partition coefficient (Wildman–Crippen LogP) is 2.80. The largest absolute Gasteiger partial charge is 0.494 e. The number of nitrogens with one attached hydrogen (secondary N) is 1. The molecular weight excluding hydrogens is 245 g/mol. The van der Waals surface area contributed by atoms with Gasteiger partial charge in [-0.15, -0.1) is 0 Å². The molecule has 4 heteroatoms. The Morgan fingerprint density at radius 1 is 1.53 bits per heavy atom. The van der Waals surface area contributed by atoms with Crippen molar-refractivity contribution in [1.29, 1.82) is 0 Å². The molecule has 1 aliphatic rings. The topological polar surface area (TPSA) is 38.3 Å². The number of ether oxygens (including phenoxy) is 1. The van der Waals surface area contributed by atoms with Crippen molar-refractivity contribution in [3.63, 3.8) is 0 Å². The number of hydrogen-bond donors (Lipinski definition) is 1. The standard InChI is InChI=1S/C15H20FNO2/c1-3-7-15(8-9-17-10-15)14(18)11-5-4-6-12(19-2)13(11)16/h4-6,17H,3,7-10H2,1-2H3. The average molecular weight is 265 g/mol. The van der Waals surface area contributed by atoms with Crippen LogP contribution in [-0.2, 0) is 0 Å². The van der Waals surface area contributed by atoms with Crippen LogP contribution in [0.4, 0.5) is 4.39 Å². The molecule has 0 spiro atoms. The van der Waals surface area contributed by atoms with Crippen LogP contribution in [0.5, 0.6) is 5.75 Å². The molecule has 0 aromatic heterocycles. The minimum absolute atomic E-state index is 0.101. The third-order valence-corrected chi connectivity index (χ3v) is 3.88. The van der Waals surface area contributed by atoms with Crippen LogP contribution >= 0.6 is 0 Å². The number of carbonyl (C=O) groups is 1. The molecule has 104 valence electrons. The highest BCUT2D eigenvalue weighted by molar-refractivity contribution is 6.01. The van der Waals surface area contributed by atoms with Crippen LogP contribution in [0.15, 0.2) is 18.2 Å². The van der Waals surface area contributed by atoms with Gasteiger partial charge in [-0.2, -0.15) is 0 Å². The fraction of sp³-hybridized carbons (Fsp3) is 0.533. The van der Waals surface area contributed by atoms with Crippen LogP contribution in [0.3, 0.4) is 0 Å². The number of rotatable bonds is 5. The van der Waals surface area contributed by atoms with Gasteiger partial charge in [0.1, 0.15) is 0 Å². The lowest BCUT2D eigenvalue weighted by Gasteiger charge is -2.26. The summed E-state index contributed by atoms with van der Waals surface area (Å²) in [5, 5.41) is 3.22. The molecular formula is C15H20FNO2. The Kier molecular flexibility index (Phi) is 4.20. The monoisotopic (exact) mass is 265 g/mol. The molecule has 19 heavy (non-hydrogen) atoms. The lowest BCUT2D eigenvalue weighted by Crippen LogP contribution is -2.34. The Labute approximate surface area is 113 Å². The van der Waals surface area contributed by atoms with Crippen molar-refractivity contribution in [2.45, 2.75) is 26.2 Å². The van der Waals surface area contributed by atoms with Crippen molar-refractivity contribution < 1.29 is 13.9 Å². The van der Waals surface area contributed by atoms with Gasteiger partial charge in [0.25, 0.3) is 0 Å². The van der Waals surface area contributed by atoms with Gasteiger partial charge in [-0.25, -0.2) is 4.39 Å². The molecule has 1 atom stereocenters. The number of ketones is 1. The minimum atomic E-state index is -0.544. The molecule has 1 heterocycles. The molecule has 0 aliphatic carbocycles. The average Bonchev–Trinajstić information content (AvgIpc) is 2.88. The van der Waals surface area contributed by atoms with Gasteiger partial charge in [0.05, 0.1) is 12.7 Å². The second-order valence-corrected chi connectivity index (χ2v) is 5.11. The molecule has 1 aromatic carbocycles. The minimum Gasteiger partial charge on any atom is -0.494 e. The Balaban J connectivity index is 2.37. The van der Waals surface area contributed by atoms with Crippen LogP contribution < -0.4 is 10.1 Å². The zero-order valence-electron chi connectivity index (χ0n) is 11.5. The predicted molar refractivity (Wildman–Crippen MR) is 72.1 cm³/mol. The zero-order valence-corrected chi connectivity index (χ0v) is 11.5. The van der Waals surface area contributed by atoms with E-state index in [1.165, 1.54) is 13.2 Å². The molecule has 1 fully saturated rings. The first-order valence-electron chi connectivity index (χ1n) is 6.72. The second-order valence-electron chi connectivity index (χ2n) is 5.11. The van der Waals surface area contributed by atoms with E-state index in [1.807, 2.05) is 0 Å². The normalized spacial score (nSPS) is 22.5. The Morgan fingerprint density at radius 2 is 2.32 bits per heavy atom. The first-order chi connectivity index (χ1) is 9.14. The van der Waals surface area contributed by atoms with Crippen molar-refractivity contribution in [3.05, 3.63) is 29.6 Å². The fourth-order valence-corrected chi connectivity index (χ4v) is 2.87. The van der Waals surface area contributed by atoms with Crippen LogP contribution in [0.2, 0.25) is 0 Å². The quantitative estimate of drug-likeness (QED) is 0.832. The Morgan fingerprint density at radius 3 is 2.89 bits per heavy atom. The molecule has 0 amide bonds. The summed E-state index contributed by atoms with van der Waals surface area (Å²) >= 11 is 0. The number of halogens is 1. The van der Waals surface area contributed by atoms with Gasteiger partial charge in [0.2, 0.25) is 0 Å². The van der Waals surface area contributed by atoms with Gasteiger partial charge in [-0.1, -0.05) is 19.4 Å². The number of benzene rings is 1. The molecule has 1 N–H and O–H groups in total. The zero-order chi connectivity index (χ0) is 13.9. The maximum Gasteiger partial charge on any atom is 0.175 e. The van der Waals surface area contributed by atoms with E-state index in [-0.39, 0.29) is 17.1 Å². The summed E-state index contributed by atoms with van der Waals surface area (Å²) in [5.41, 5.74) is -0.307. The number of carbonyl (C=O) groups excluding carboxylic acids is 1. The van der Waals surface area contributed by atoms with Gasteiger partial charge in [-0.3, -0.25) is 4.79 Å². The van der Waals surface area contributed by atoms with Gasteiger partial charge in [0, 0.05) is 12.0 Å². The van der Waals surface area contributed by atoms with Crippen molar-refractivity contribution in [2.24, 2.45) is 5.41 Å². The summed E-state index contributed by atoms with van der Waals surface area (Å²) in [6, 6.07) is 4.75. The summed E-state index contributed by atoms with van der Waals surface area (Å²) in [6.45, 7) is 3.50. The van der Waals surface area contributed by atoms with Crippen LogP contribution in [0.25, 0.3) is 0 Å². The van der Waals surface area contributed by atoms with E-state index in [2.05, 4.69) is 12.2 Å². The van der Waals surface area contributed by atoms with Gasteiger partial charge in [-0.05, 0) is 31.5 Å². The summed E-state index contributed by atoms with van der Waals surface area (Å²) in [6.07, 6.45) is 2.48. The second kappa shape index (κ2) is 5.70. The molecule has 1 unspecified atom stereocenters. The molecule has 0 radical (unpaired) electrons. The summed E-state index contributed by atoms with van der Waals surface area (Å²) in [7, 11) is 1.41. The fourth-order valence-electron chi connectivity index (χ4n) is 2.87. The lowest BCUT2D eigenvalue weighted by atomic mass is 9.76. The molecule has 3 nitrogen and oxygen atoms in total.